The van der Waals surface area contributed by atoms with Crippen LogP contribution < -0.4 is 0 Å². The molecule has 0 N–H and O–H groups in total. The van der Waals surface area contributed by atoms with E-state index in [-0.39, 0.29) is 0 Å². The van der Waals surface area contributed by atoms with Crippen LogP contribution >= 0.6 is 0 Å². The van der Waals surface area contributed by atoms with Crippen LogP contribution in [-0.2, 0) is 9.47 Å². The minimum Gasteiger partial charge on any atom is -0.448 e. The Bertz CT molecular complexity index is 294. The second-order valence-corrected chi connectivity index (χ2v) is 3.51. The molecule has 1 amide bonds. The molecule has 0 aliphatic carbocycles. The van der Waals surface area contributed by atoms with Crippen molar-refractivity contribution in [3.8, 4) is 0 Å². The van der Waals surface area contributed by atoms with Gasteiger partial charge < -0.3 is 14.4 Å². The summed E-state index contributed by atoms with van der Waals surface area (Å²) in [5, 5.41) is 0. The summed E-state index contributed by atoms with van der Waals surface area (Å²) in [4.78, 5) is 17.2. The Hall–Kier alpha value is -1.36. The maximum absolute atomic E-state index is 11.3. The molecule has 0 aromatic heterocycles. The van der Waals surface area contributed by atoms with E-state index in [0.717, 1.165) is 18.7 Å². The van der Waals surface area contributed by atoms with Crippen molar-refractivity contribution in [2.75, 3.05) is 32.9 Å². The Morgan fingerprint density at radius 3 is 2.62 bits per heavy atom. The molecule has 1 aliphatic heterocycles. The van der Waals surface area contributed by atoms with Gasteiger partial charge in [-0.05, 0) is 19.4 Å². The largest absolute Gasteiger partial charge is 0.448 e. The van der Waals surface area contributed by atoms with Gasteiger partial charge >= 0.3 is 6.09 Å². The van der Waals surface area contributed by atoms with Crippen molar-refractivity contribution in [3.05, 3.63) is 12.2 Å². The maximum atomic E-state index is 11.3. The highest BCUT2D eigenvalue weighted by atomic mass is 16.5. The fourth-order valence-electron chi connectivity index (χ4n) is 1.45. The first-order chi connectivity index (χ1) is 7.65. The quantitative estimate of drug-likeness (QED) is 0.528. The molecule has 0 aromatic carbocycles. The maximum Gasteiger partial charge on any atom is 0.435 e. The second-order valence-electron chi connectivity index (χ2n) is 3.51. The molecule has 0 bridgehead atoms. The van der Waals surface area contributed by atoms with Gasteiger partial charge in [-0.15, -0.1) is 0 Å². The minimum absolute atomic E-state index is 0.328. The molecular formula is C11H18N2O3. The molecule has 16 heavy (non-hydrogen) atoms. The fourth-order valence-corrected chi connectivity index (χ4v) is 1.45. The smallest absolute Gasteiger partial charge is 0.435 e. The van der Waals surface area contributed by atoms with Crippen LogP contribution in [0.1, 0.15) is 13.8 Å². The van der Waals surface area contributed by atoms with Crippen molar-refractivity contribution >= 4 is 11.9 Å². The van der Waals surface area contributed by atoms with Crippen molar-refractivity contribution in [1.82, 2.24) is 4.90 Å². The molecule has 1 fully saturated rings. The predicted molar refractivity (Wildman–Crippen MR) is 61.7 cm³/mol. The lowest BCUT2D eigenvalue weighted by Gasteiger charge is -2.29. The molecule has 0 unspecified atom stereocenters. The van der Waals surface area contributed by atoms with Gasteiger partial charge in [-0.2, -0.15) is 4.99 Å². The zero-order valence-electron chi connectivity index (χ0n) is 9.86. The SMILES string of the molecule is C=C(C)/C(=N/C(=O)OCC)N1CCOCC1. The van der Waals surface area contributed by atoms with E-state index < -0.39 is 6.09 Å². The number of amidine groups is 1. The topological polar surface area (TPSA) is 51.1 Å². The van der Waals surface area contributed by atoms with E-state index in [9.17, 15) is 4.79 Å². The number of ether oxygens (including phenoxy) is 2. The number of hydrogen-bond acceptors (Lipinski definition) is 3. The monoisotopic (exact) mass is 226 g/mol. The summed E-state index contributed by atoms with van der Waals surface area (Å²) >= 11 is 0. The summed E-state index contributed by atoms with van der Waals surface area (Å²) < 4.78 is 10.0. The number of carbonyl (C=O) groups excluding carboxylic acids is 1. The zero-order chi connectivity index (χ0) is 12.0. The Morgan fingerprint density at radius 2 is 2.12 bits per heavy atom. The van der Waals surface area contributed by atoms with Crippen LogP contribution in [0, 0.1) is 0 Å². The van der Waals surface area contributed by atoms with Crippen molar-refractivity contribution in [2.24, 2.45) is 4.99 Å². The van der Waals surface area contributed by atoms with Crippen molar-refractivity contribution in [3.63, 3.8) is 0 Å². The van der Waals surface area contributed by atoms with Gasteiger partial charge in [0.25, 0.3) is 0 Å². The lowest BCUT2D eigenvalue weighted by atomic mass is 10.2. The van der Waals surface area contributed by atoms with E-state index in [4.69, 9.17) is 9.47 Å². The Kier molecular flexibility index (Phi) is 4.98. The van der Waals surface area contributed by atoms with Crippen LogP contribution in [0.25, 0.3) is 0 Å². The summed E-state index contributed by atoms with van der Waals surface area (Å²) in [5.41, 5.74) is 0.759. The highest BCUT2D eigenvalue weighted by Crippen LogP contribution is 2.06. The first-order valence-corrected chi connectivity index (χ1v) is 5.39. The summed E-state index contributed by atoms with van der Waals surface area (Å²) in [7, 11) is 0. The van der Waals surface area contributed by atoms with Crippen LogP contribution in [0.2, 0.25) is 0 Å². The van der Waals surface area contributed by atoms with Gasteiger partial charge in [0.15, 0.2) is 0 Å². The van der Waals surface area contributed by atoms with E-state index in [0.29, 0.717) is 25.7 Å². The normalized spacial score (nSPS) is 17.1. The van der Waals surface area contributed by atoms with E-state index >= 15 is 0 Å². The first-order valence-electron chi connectivity index (χ1n) is 5.39. The zero-order valence-corrected chi connectivity index (χ0v) is 9.86. The van der Waals surface area contributed by atoms with E-state index in [1.807, 2.05) is 11.8 Å². The molecule has 0 radical (unpaired) electrons. The average Bonchev–Trinajstić information content (AvgIpc) is 2.27. The van der Waals surface area contributed by atoms with Gasteiger partial charge in [-0.1, -0.05) is 6.58 Å². The molecule has 90 valence electrons. The summed E-state index contributed by atoms with van der Waals surface area (Å²) in [6, 6.07) is 0. The minimum atomic E-state index is -0.563. The lowest BCUT2D eigenvalue weighted by Crippen LogP contribution is -2.41. The molecule has 1 saturated heterocycles. The summed E-state index contributed by atoms with van der Waals surface area (Å²) in [6.45, 7) is 10.5. The number of amides is 1. The Balaban J connectivity index is 2.72. The van der Waals surface area contributed by atoms with Crippen LogP contribution in [0.3, 0.4) is 0 Å². The molecular weight excluding hydrogens is 208 g/mol. The number of rotatable bonds is 2. The van der Waals surface area contributed by atoms with Crippen LogP contribution in [0.5, 0.6) is 0 Å². The van der Waals surface area contributed by atoms with E-state index in [1.54, 1.807) is 6.92 Å². The number of hydrogen-bond donors (Lipinski definition) is 0. The number of nitrogens with zero attached hydrogens (tertiary/aromatic N) is 2. The van der Waals surface area contributed by atoms with Gasteiger partial charge in [0.05, 0.1) is 19.8 Å². The third-order valence-corrected chi connectivity index (χ3v) is 2.16. The standard InChI is InChI=1S/C11H18N2O3/c1-4-16-11(14)12-10(9(2)3)13-5-7-15-8-6-13/h2,4-8H2,1,3H3/b12-10-. The molecule has 5 nitrogen and oxygen atoms in total. The fraction of sp³-hybridized carbons (Fsp3) is 0.636. The lowest BCUT2D eigenvalue weighted by molar-refractivity contribution is 0.0679. The van der Waals surface area contributed by atoms with Crippen molar-refractivity contribution < 1.29 is 14.3 Å². The van der Waals surface area contributed by atoms with Gasteiger partial charge in [0, 0.05) is 13.1 Å². The molecule has 0 aromatic rings. The third kappa shape index (κ3) is 3.66. The summed E-state index contributed by atoms with van der Waals surface area (Å²) in [6.07, 6.45) is -0.563. The molecule has 0 spiro atoms. The van der Waals surface area contributed by atoms with E-state index in [1.165, 1.54) is 0 Å². The molecule has 1 heterocycles. The van der Waals surface area contributed by atoms with Gasteiger partial charge in [0.2, 0.25) is 0 Å². The Labute approximate surface area is 95.7 Å². The highest BCUT2D eigenvalue weighted by molar-refractivity contribution is 6.02. The second kappa shape index (κ2) is 6.27. The van der Waals surface area contributed by atoms with Crippen LogP contribution in [-0.4, -0.2) is 49.7 Å². The number of morpholine rings is 1. The number of aliphatic imine (C=N–C) groups is 1. The van der Waals surface area contributed by atoms with E-state index in [2.05, 4.69) is 11.6 Å². The highest BCUT2D eigenvalue weighted by Gasteiger charge is 2.17. The molecule has 1 aliphatic rings. The molecule has 5 heteroatoms. The van der Waals surface area contributed by atoms with Crippen molar-refractivity contribution in [1.29, 1.82) is 0 Å². The third-order valence-electron chi connectivity index (χ3n) is 2.16. The van der Waals surface area contributed by atoms with Crippen LogP contribution in [0.15, 0.2) is 17.1 Å². The van der Waals surface area contributed by atoms with Gasteiger partial charge in [-0.25, -0.2) is 4.79 Å². The van der Waals surface area contributed by atoms with Gasteiger partial charge in [0.1, 0.15) is 5.84 Å². The molecule has 1 rings (SSSR count). The van der Waals surface area contributed by atoms with Gasteiger partial charge in [-0.3, -0.25) is 0 Å². The predicted octanol–water partition coefficient (Wildman–Crippen LogP) is 1.45. The van der Waals surface area contributed by atoms with Crippen molar-refractivity contribution in [2.45, 2.75) is 13.8 Å². The molecule has 0 atom stereocenters. The average molecular weight is 226 g/mol. The number of carbonyl (C=O) groups is 1. The first kappa shape index (κ1) is 12.7. The Morgan fingerprint density at radius 1 is 1.50 bits per heavy atom. The molecule has 0 saturated carbocycles. The summed E-state index contributed by atoms with van der Waals surface area (Å²) in [5.74, 6) is 0.599. The van der Waals surface area contributed by atoms with Crippen LogP contribution in [0.4, 0.5) is 4.79 Å².